The summed E-state index contributed by atoms with van der Waals surface area (Å²) in [6, 6.07) is 5.20. The van der Waals surface area contributed by atoms with Crippen LogP contribution in [0.3, 0.4) is 0 Å². The summed E-state index contributed by atoms with van der Waals surface area (Å²) in [4.78, 5) is 12.1. The molecule has 0 bridgehead atoms. The van der Waals surface area contributed by atoms with E-state index < -0.39 is 0 Å². The Bertz CT molecular complexity index is 601. The van der Waals surface area contributed by atoms with Crippen LogP contribution in [0.5, 0.6) is 0 Å². The second-order valence-electron chi connectivity index (χ2n) is 4.62. The molecule has 1 amide bonds. The maximum Gasteiger partial charge on any atom is 0.228 e. The Morgan fingerprint density at radius 3 is 2.95 bits per heavy atom. The zero-order valence-corrected chi connectivity index (χ0v) is 12.6. The lowest BCUT2D eigenvalue weighted by Gasteiger charge is -2.14. The number of hydrogen-bond acceptors (Lipinski definition) is 5. The zero-order valence-electron chi connectivity index (χ0n) is 11.9. The van der Waals surface area contributed by atoms with Crippen molar-refractivity contribution in [3.8, 4) is 5.69 Å². The highest BCUT2D eigenvalue weighted by Crippen LogP contribution is 2.24. The lowest BCUT2D eigenvalue weighted by Crippen LogP contribution is -2.30. The van der Waals surface area contributed by atoms with Gasteiger partial charge in [0.1, 0.15) is 6.33 Å². The number of hydrogen-bond donors (Lipinski definition) is 2. The zero-order chi connectivity index (χ0) is 15.2. The molecule has 2 N–H and O–H groups in total. The number of carbonyl (C=O) groups is 1. The molecule has 21 heavy (non-hydrogen) atoms. The van der Waals surface area contributed by atoms with Gasteiger partial charge < -0.3 is 10.6 Å². The smallest absolute Gasteiger partial charge is 0.228 e. The fourth-order valence-corrected chi connectivity index (χ4v) is 1.91. The van der Waals surface area contributed by atoms with Gasteiger partial charge in [-0.25, -0.2) is 4.68 Å². The van der Waals surface area contributed by atoms with Crippen LogP contribution in [0.4, 0.5) is 5.69 Å². The lowest BCUT2D eigenvalue weighted by molar-refractivity contribution is -0.119. The van der Waals surface area contributed by atoms with Crippen LogP contribution >= 0.6 is 11.6 Å². The summed E-state index contributed by atoms with van der Waals surface area (Å²) in [7, 11) is 0. The molecule has 2 aromatic rings. The molecule has 0 spiro atoms. The quantitative estimate of drug-likeness (QED) is 0.845. The highest BCUT2D eigenvalue weighted by Gasteiger charge is 2.14. The Labute approximate surface area is 127 Å². The predicted octanol–water partition coefficient (Wildman–Crippen LogP) is 1.50. The number of nitrogens with one attached hydrogen (secondary N) is 2. The molecule has 7 nitrogen and oxygen atoms in total. The molecule has 1 unspecified atom stereocenters. The van der Waals surface area contributed by atoms with E-state index in [9.17, 15) is 4.79 Å². The van der Waals surface area contributed by atoms with Crippen molar-refractivity contribution < 1.29 is 4.79 Å². The minimum atomic E-state index is -0.155. The first-order chi connectivity index (χ1) is 10.1. The number of nitrogens with zero attached hydrogens (tertiary/aromatic N) is 4. The summed E-state index contributed by atoms with van der Waals surface area (Å²) in [6.07, 6.45) is 1.47. The first-order valence-electron chi connectivity index (χ1n) is 6.66. The lowest BCUT2D eigenvalue weighted by atomic mass is 10.1. The molecule has 0 radical (unpaired) electrons. The van der Waals surface area contributed by atoms with Crippen molar-refractivity contribution in [1.82, 2.24) is 25.5 Å². The monoisotopic (exact) mass is 308 g/mol. The van der Waals surface area contributed by atoms with E-state index in [2.05, 4.69) is 26.2 Å². The average molecular weight is 309 g/mol. The SMILES string of the molecule is CCNCC(C)C(=O)Nc1cc(-n2cnnn2)ccc1Cl. The molecule has 1 aromatic heterocycles. The van der Waals surface area contributed by atoms with E-state index >= 15 is 0 Å². The molecule has 2 rings (SSSR count). The van der Waals surface area contributed by atoms with Crippen molar-refractivity contribution in [3.63, 3.8) is 0 Å². The van der Waals surface area contributed by atoms with Gasteiger partial charge in [-0.3, -0.25) is 4.79 Å². The van der Waals surface area contributed by atoms with Crippen molar-refractivity contribution in [2.45, 2.75) is 13.8 Å². The van der Waals surface area contributed by atoms with Gasteiger partial charge in [0.15, 0.2) is 0 Å². The number of rotatable bonds is 6. The van der Waals surface area contributed by atoms with Crippen LogP contribution in [0.1, 0.15) is 13.8 Å². The van der Waals surface area contributed by atoms with Crippen LogP contribution in [0, 0.1) is 5.92 Å². The van der Waals surface area contributed by atoms with E-state index in [-0.39, 0.29) is 11.8 Å². The third-order valence-corrected chi connectivity index (χ3v) is 3.30. The molecule has 0 aliphatic heterocycles. The third-order valence-electron chi connectivity index (χ3n) is 2.97. The van der Waals surface area contributed by atoms with Crippen molar-refractivity contribution in [1.29, 1.82) is 0 Å². The van der Waals surface area contributed by atoms with Crippen molar-refractivity contribution in [2.24, 2.45) is 5.92 Å². The molecule has 1 heterocycles. The molecule has 0 fully saturated rings. The van der Waals surface area contributed by atoms with E-state index in [1.165, 1.54) is 11.0 Å². The number of tetrazole rings is 1. The molecule has 0 aliphatic rings. The number of aromatic nitrogens is 4. The molecular formula is C13H17ClN6O. The first-order valence-corrected chi connectivity index (χ1v) is 7.04. The predicted molar refractivity (Wildman–Crippen MR) is 80.5 cm³/mol. The van der Waals surface area contributed by atoms with Crippen molar-refractivity contribution >= 4 is 23.2 Å². The molecule has 1 atom stereocenters. The third kappa shape index (κ3) is 3.99. The number of benzene rings is 1. The number of halogens is 1. The van der Waals surface area contributed by atoms with Gasteiger partial charge in [-0.2, -0.15) is 0 Å². The van der Waals surface area contributed by atoms with Crippen LogP contribution in [-0.4, -0.2) is 39.2 Å². The standard InChI is InChI=1S/C13H17ClN6O/c1-3-15-7-9(2)13(21)17-12-6-10(4-5-11(12)14)20-8-16-18-19-20/h4-6,8-9,15H,3,7H2,1-2H3,(H,17,21). The van der Waals surface area contributed by atoms with Crippen LogP contribution < -0.4 is 10.6 Å². The van der Waals surface area contributed by atoms with E-state index in [4.69, 9.17) is 11.6 Å². The van der Waals surface area contributed by atoms with Crippen molar-refractivity contribution in [3.05, 3.63) is 29.5 Å². The van der Waals surface area contributed by atoms with E-state index in [1.807, 2.05) is 13.8 Å². The minimum Gasteiger partial charge on any atom is -0.324 e. The number of anilines is 1. The van der Waals surface area contributed by atoms with E-state index in [1.54, 1.807) is 18.2 Å². The summed E-state index contributed by atoms with van der Waals surface area (Å²) in [5.74, 6) is -0.246. The molecule has 8 heteroatoms. The number of amides is 1. The molecule has 1 aromatic carbocycles. The highest BCUT2D eigenvalue weighted by molar-refractivity contribution is 6.33. The first kappa shape index (κ1) is 15.4. The van der Waals surface area contributed by atoms with Gasteiger partial charge >= 0.3 is 0 Å². The summed E-state index contributed by atoms with van der Waals surface area (Å²) in [5.41, 5.74) is 1.26. The summed E-state index contributed by atoms with van der Waals surface area (Å²) in [5, 5.41) is 17.4. The van der Waals surface area contributed by atoms with Crippen LogP contribution in [-0.2, 0) is 4.79 Å². The fourth-order valence-electron chi connectivity index (χ4n) is 1.74. The van der Waals surface area contributed by atoms with Crippen LogP contribution in [0.25, 0.3) is 5.69 Å². The second-order valence-corrected chi connectivity index (χ2v) is 5.02. The number of carbonyl (C=O) groups excluding carboxylic acids is 1. The molecular weight excluding hydrogens is 292 g/mol. The van der Waals surface area contributed by atoms with Crippen LogP contribution in [0.2, 0.25) is 5.02 Å². The Balaban J connectivity index is 2.12. The Hall–Kier alpha value is -1.99. The fraction of sp³-hybridized carbons (Fsp3) is 0.385. The summed E-state index contributed by atoms with van der Waals surface area (Å²) >= 11 is 6.12. The molecule has 0 aliphatic carbocycles. The van der Waals surface area contributed by atoms with Gasteiger partial charge in [0.25, 0.3) is 0 Å². The highest BCUT2D eigenvalue weighted by atomic mass is 35.5. The van der Waals surface area contributed by atoms with Gasteiger partial charge in [-0.05, 0) is 35.2 Å². The van der Waals surface area contributed by atoms with Gasteiger partial charge in [0.2, 0.25) is 5.91 Å². The summed E-state index contributed by atoms with van der Waals surface area (Å²) < 4.78 is 1.49. The maximum atomic E-state index is 12.1. The summed E-state index contributed by atoms with van der Waals surface area (Å²) in [6.45, 7) is 5.30. The average Bonchev–Trinajstić information content (AvgIpc) is 3.01. The largest absolute Gasteiger partial charge is 0.324 e. The van der Waals surface area contributed by atoms with E-state index in [0.717, 1.165) is 12.2 Å². The Morgan fingerprint density at radius 2 is 2.29 bits per heavy atom. The van der Waals surface area contributed by atoms with Crippen molar-refractivity contribution in [2.75, 3.05) is 18.4 Å². The minimum absolute atomic E-state index is 0.0910. The molecule has 112 valence electrons. The maximum absolute atomic E-state index is 12.1. The normalized spacial score (nSPS) is 12.1. The Morgan fingerprint density at radius 1 is 1.48 bits per heavy atom. The van der Waals surface area contributed by atoms with Gasteiger partial charge in [0.05, 0.1) is 16.4 Å². The van der Waals surface area contributed by atoms with Gasteiger partial charge in [0, 0.05) is 12.5 Å². The Kier molecular flexibility index (Phi) is 5.24. The molecule has 0 saturated heterocycles. The second kappa shape index (κ2) is 7.14. The van der Waals surface area contributed by atoms with E-state index in [0.29, 0.717) is 17.3 Å². The van der Waals surface area contributed by atoms with Crippen LogP contribution in [0.15, 0.2) is 24.5 Å². The van der Waals surface area contributed by atoms with Gasteiger partial charge in [-0.15, -0.1) is 5.10 Å². The van der Waals surface area contributed by atoms with Gasteiger partial charge in [-0.1, -0.05) is 25.4 Å². The molecule has 0 saturated carbocycles. The topological polar surface area (TPSA) is 84.7 Å².